The maximum Gasteiger partial charge on any atom is 0.336 e. The number of Topliss-reactive ketones (excluding diaryl/α,β-unsaturated/α-hetero) is 1. The average Bonchev–Trinajstić information content (AvgIpc) is 2.84. The summed E-state index contributed by atoms with van der Waals surface area (Å²) >= 11 is 3.36. The predicted octanol–water partition coefficient (Wildman–Crippen LogP) is 4.71. The van der Waals surface area contributed by atoms with Crippen LogP contribution in [0.4, 0.5) is 0 Å². The van der Waals surface area contributed by atoms with E-state index in [-0.39, 0.29) is 29.6 Å². The molecule has 1 heterocycles. The van der Waals surface area contributed by atoms with Gasteiger partial charge in [0.1, 0.15) is 5.75 Å². The summed E-state index contributed by atoms with van der Waals surface area (Å²) < 4.78 is 16.3. The quantitative estimate of drug-likeness (QED) is 0.543. The van der Waals surface area contributed by atoms with Gasteiger partial charge in [-0.25, -0.2) is 4.79 Å². The highest BCUT2D eigenvalue weighted by molar-refractivity contribution is 9.10. The molecule has 0 spiro atoms. The number of phenolic OH excluding ortho intramolecular Hbond substituents is 1. The van der Waals surface area contributed by atoms with Crippen LogP contribution < -0.4 is 14.8 Å². The number of esters is 1. The van der Waals surface area contributed by atoms with E-state index in [4.69, 9.17) is 14.2 Å². The molecule has 0 radical (unpaired) electrons. The van der Waals surface area contributed by atoms with Gasteiger partial charge in [0.25, 0.3) is 0 Å². The first kappa shape index (κ1) is 23.9. The van der Waals surface area contributed by atoms with Crippen molar-refractivity contribution in [2.75, 3.05) is 21.3 Å². The lowest BCUT2D eigenvalue weighted by atomic mass is 9.71. The molecule has 0 amide bonds. The largest absolute Gasteiger partial charge is 0.503 e. The van der Waals surface area contributed by atoms with Crippen LogP contribution in [0.15, 0.2) is 63.4 Å². The molecule has 0 saturated carbocycles. The fourth-order valence-electron chi connectivity index (χ4n) is 4.89. The molecular weight excluding hydrogens is 502 g/mol. The summed E-state index contributed by atoms with van der Waals surface area (Å²) in [6, 6.07) is 11.1. The smallest absolute Gasteiger partial charge is 0.336 e. The van der Waals surface area contributed by atoms with E-state index in [1.54, 1.807) is 26.2 Å². The lowest BCUT2D eigenvalue weighted by Gasteiger charge is -2.37. The van der Waals surface area contributed by atoms with E-state index in [0.717, 1.165) is 17.0 Å². The first-order chi connectivity index (χ1) is 16.3. The molecule has 2 aromatic rings. The minimum absolute atomic E-state index is 0.0547. The van der Waals surface area contributed by atoms with Crippen molar-refractivity contribution in [3.05, 3.63) is 74.5 Å². The van der Waals surface area contributed by atoms with E-state index >= 15 is 0 Å². The maximum absolute atomic E-state index is 13.7. The monoisotopic (exact) mass is 527 g/mol. The number of carbonyl (C=O) groups excluding carboxylic acids is 2. The van der Waals surface area contributed by atoms with Crippen LogP contribution in [0.5, 0.6) is 17.2 Å². The average molecular weight is 528 g/mol. The zero-order valence-corrected chi connectivity index (χ0v) is 21.0. The third-order valence-corrected chi connectivity index (χ3v) is 7.02. The van der Waals surface area contributed by atoms with E-state index < -0.39 is 11.9 Å². The van der Waals surface area contributed by atoms with Crippen molar-refractivity contribution < 1.29 is 28.9 Å². The molecule has 0 saturated heterocycles. The standard InChI is InChI=1S/C26H26BrNO6/c1-13-22(26(31)34-4)23(15-9-17(27)25(30)21(12-15)33-3)24-18(28-13)10-14(11-19(24)29)16-7-5-6-8-20(16)32-2/h5-9,12,14,23,28,30H,10-11H2,1-4H3/t14-,23+/m1/s1. The van der Waals surface area contributed by atoms with Gasteiger partial charge in [-0.2, -0.15) is 0 Å². The van der Waals surface area contributed by atoms with Gasteiger partial charge in [0.05, 0.1) is 31.4 Å². The Bertz CT molecular complexity index is 1230. The zero-order chi connectivity index (χ0) is 24.6. The number of hydrogen-bond donors (Lipinski definition) is 2. The van der Waals surface area contributed by atoms with Crippen LogP contribution in [-0.2, 0) is 14.3 Å². The number of phenols is 1. The SMILES string of the molecule is COC(=O)C1=C(C)NC2=C(C(=O)C[C@H](c3ccccc3OC)C2)[C@H]1c1cc(Br)c(O)c(OC)c1. The van der Waals surface area contributed by atoms with Gasteiger partial charge >= 0.3 is 5.97 Å². The van der Waals surface area contributed by atoms with Gasteiger partial charge in [0.2, 0.25) is 0 Å². The first-order valence-corrected chi connectivity index (χ1v) is 11.6. The van der Waals surface area contributed by atoms with Gasteiger partial charge in [-0.3, -0.25) is 4.79 Å². The molecule has 2 aromatic carbocycles. The number of rotatable bonds is 5. The minimum Gasteiger partial charge on any atom is -0.503 e. The third kappa shape index (κ3) is 4.07. The number of ether oxygens (including phenoxy) is 3. The highest BCUT2D eigenvalue weighted by Gasteiger charge is 2.42. The van der Waals surface area contributed by atoms with Crippen molar-refractivity contribution in [3.8, 4) is 17.2 Å². The Hall–Kier alpha value is -3.26. The summed E-state index contributed by atoms with van der Waals surface area (Å²) in [7, 11) is 4.39. The number of allylic oxidation sites excluding steroid dienone is 3. The van der Waals surface area contributed by atoms with Crippen molar-refractivity contribution in [1.82, 2.24) is 5.32 Å². The molecule has 4 rings (SSSR count). The van der Waals surface area contributed by atoms with Crippen molar-refractivity contribution in [2.24, 2.45) is 0 Å². The molecule has 1 aliphatic carbocycles. The lowest BCUT2D eigenvalue weighted by Crippen LogP contribution is -2.36. The van der Waals surface area contributed by atoms with Gasteiger partial charge in [0, 0.05) is 35.2 Å². The third-order valence-electron chi connectivity index (χ3n) is 6.42. The highest BCUT2D eigenvalue weighted by atomic mass is 79.9. The molecule has 7 nitrogen and oxygen atoms in total. The van der Waals surface area contributed by atoms with Crippen LogP contribution >= 0.6 is 15.9 Å². The summed E-state index contributed by atoms with van der Waals surface area (Å²) in [5.74, 6) is -0.393. The number of methoxy groups -OCH3 is 3. The Morgan fingerprint density at radius 3 is 2.47 bits per heavy atom. The van der Waals surface area contributed by atoms with Gasteiger partial charge in [-0.05, 0) is 58.6 Å². The Morgan fingerprint density at radius 2 is 1.79 bits per heavy atom. The molecule has 2 aliphatic rings. The van der Waals surface area contributed by atoms with Crippen molar-refractivity contribution in [2.45, 2.75) is 31.6 Å². The van der Waals surface area contributed by atoms with Crippen molar-refractivity contribution >= 4 is 27.7 Å². The molecule has 178 valence electrons. The van der Waals surface area contributed by atoms with Crippen molar-refractivity contribution in [1.29, 1.82) is 0 Å². The summed E-state index contributed by atoms with van der Waals surface area (Å²) in [6.07, 6.45) is 0.863. The van der Waals surface area contributed by atoms with E-state index in [9.17, 15) is 14.7 Å². The second kappa shape index (κ2) is 9.54. The molecule has 0 unspecified atom stereocenters. The second-order valence-electron chi connectivity index (χ2n) is 8.30. The van der Waals surface area contributed by atoms with Crippen LogP contribution in [0.25, 0.3) is 0 Å². The Kier molecular flexibility index (Phi) is 6.70. The molecule has 0 fully saturated rings. The van der Waals surface area contributed by atoms with Gasteiger partial charge in [-0.1, -0.05) is 18.2 Å². The molecule has 34 heavy (non-hydrogen) atoms. The number of dihydropyridines is 1. The molecule has 2 N–H and O–H groups in total. The number of nitrogens with one attached hydrogen (secondary N) is 1. The van der Waals surface area contributed by atoms with Gasteiger partial charge < -0.3 is 24.6 Å². The number of ketones is 1. The maximum atomic E-state index is 13.7. The lowest BCUT2D eigenvalue weighted by molar-refractivity contribution is -0.136. The van der Waals surface area contributed by atoms with Crippen LogP contribution in [0, 0.1) is 0 Å². The number of carbonyl (C=O) groups is 2. The number of para-hydroxylation sites is 1. The number of aromatic hydroxyl groups is 1. The predicted molar refractivity (Wildman–Crippen MR) is 130 cm³/mol. The first-order valence-electron chi connectivity index (χ1n) is 10.8. The molecule has 8 heteroatoms. The topological polar surface area (TPSA) is 94.1 Å². The fourth-order valence-corrected chi connectivity index (χ4v) is 5.35. The number of benzene rings is 2. The zero-order valence-electron chi connectivity index (χ0n) is 19.4. The summed E-state index contributed by atoms with van der Waals surface area (Å²) in [5.41, 5.74) is 3.87. The molecule has 0 aromatic heterocycles. The summed E-state index contributed by atoms with van der Waals surface area (Å²) in [6.45, 7) is 1.80. The van der Waals surface area contributed by atoms with Crippen LogP contribution in [0.1, 0.15) is 42.7 Å². The molecule has 1 aliphatic heterocycles. The van der Waals surface area contributed by atoms with Gasteiger partial charge in [0.15, 0.2) is 17.3 Å². The van der Waals surface area contributed by atoms with Crippen LogP contribution in [-0.4, -0.2) is 38.2 Å². The van der Waals surface area contributed by atoms with Gasteiger partial charge in [-0.15, -0.1) is 0 Å². The summed E-state index contributed by atoms with van der Waals surface area (Å²) in [5, 5.41) is 13.6. The highest BCUT2D eigenvalue weighted by Crippen LogP contribution is 2.48. The Morgan fingerprint density at radius 1 is 1.09 bits per heavy atom. The van der Waals surface area contributed by atoms with E-state index in [2.05, 4.69) is 21.2 Å². The number of hydrogen-bond acceptors (Lipinski definition) is 7. The molecular formula is C26H26BrNO6. The normalized spacial score (nSPS) is 20.0. The fraction of sp³-hybridized carbons (Fsp3) is 0.308. The Labute approximate surface area is 206 Å². The second-order valence-corrected chi connectivity index (χ2v) is 9.16. The van der Waals surface area contributed by atoms with Crippen LogP contribution in [0.3, 0.4) is 0 Å². The molecule has 2 atom stereocenters. The van der Waals surface area contributed by atoms with Crippen LogP contribution in [0.2, 0.25) is 0 Å². The van der Waals surface area contributed by atoms with E-state index in [1.165, 1.54) is 14.2 Å². The van der Waals surface area contributed by atoms with E-state index in [1.807, 2.05) is 24.3 Å². The number of halogens is 1. The minimum atomic E-state index is -0.666. The summed E-state index contributed by atoms with van der Waals surface area (Å²) in [4.78, 5) is 26.5. The van der Waals surface area contributed by atoms with Crippen molar-refractivity contribution in [3.63, 3.8) is 0 Å². The Balaban J connectivity index is 1.87. The molecule has 0 bridgehead atoms. The van der Waals surface area contributed by atoms with E-state index in [0.29, 0.717) is 33.3 Å².